The van der Waals surface area contributed by atoms with Crippen LogP contribution in [0.1, 0.15) is 232 Å². The second kappa shape index (κ2) is 47.0. The minimum atomic E-state index is -0.776. The van der Waals surface area contributed by atoms with Crippen molar-refractivity contribution in [2.45, 2.75) is 238 Å². The summed E-state index contributed by atoms with van der Waals surface area (Å²) in [5.74, 6) is -0.597. The number of hydrogen-bond acceptors (Lipinski definition) is 5. The molecule has 5 nitrogen and oxygen atoms in total. The molecular weight excluding hydrogens is 693 g/mol. The molecule has 324 valence electrons. The fourth-order valence-electron chi connectivity index (χ4n) is 6.72. The molecule has 1 atom stereocenters. The van der Waals surface area contributed by atoms with Crippen LogP contribution in [0.5, 0.6) is 0 Å². The number of allylic oxidation sites excluding steroid dienone is 10. The maximum Gasteiger partial charge on any atom is 0.306 e. The van der Waals surface area contributed by atoms with Crippen molar-refractivity contribution in [2.75, 3.05) is 13.2 Å². The molecule has 0 rings (SSSR count). The van der Waals surface area contributed by atoms with Crippen LogP contribution < -0.4 is 0 Å². The summed E-state index contributed by atoms with van der Waals surface area (Å²) in [4.78, 5) is 24.4. The monoisotopic (exact) mass is 783 g/mol. The zero-order valence-electron chi connectivity index (χ0n) is 36.9. The summed E-state index contributed by atoms with van der Waals surface area (Å²) in [6.45, 7) is 4.02. The highest BCUT2D eigenvalue weighted by Crippen LogP contribution is 2.15. The topological polar surface area (TPSA) is 72.8 Å². The Morgan fingerprint density at radius 2 is 0.768 bits per heavy atom. The molecule has 0 saturated heterocycles. The molecule has 0 radical (unpaired) electrons. The molecule has 0 aliphatic heterocycles. The van der Waals surface area contributed by atoms with Gasteiger partial charge in [-0.1, -0.05) is 203 Å². The van der Waals surface area contributed by atoms with Gasteiger partial charge in [0.1, 0.15) is 6.61 Å². The van der Waals surface area contributed by atoms with Crippen LogP contribution in [0.2, 0.25) is 0 Å². The van der Waals surface area contributed by atoms with E-state index in [2.05, 4.69) is 74.6 Å². The van der Waals surface area contributed by atoms with Gasteiger partial charge >= 0.3 is 11.9 Å². The number of hydrogen-bond donors (Lipinski definition) is 1. The highest BCUT2D eigenvalue weighted by Gasteiger charge is 2.16. The summed E-state index contributed by atoms with van der Waals surface area (Å²) in [7, 11) is 0. The molecule has 0 fully saturated rings. The zero-order valence-corrected chi connectivity index (χ0v) is 36.9. The Morgan fingerprint density at radius 3 is 1.18 bits per heavy atom. The normalized spacial score (nSPS) is 12.7. The number of ether oxygens (including phenoxy) is 2. The average molecular weight is 783 g/mol. The molecular formula is C51H90O5. The van der Waals surface area contributed by atoms with Crippen molar-refractivity contribution in [1.29, 1.82) is 0 Å². The lowest BCUT2D eigenvalue weighted by Gasteiger charge is -2.15. The van der Waals surface area contributed by atoms with E-state index >= 15 is 0 Å². The van der Waals surface area contributed by atoms with Gasteiger partial charge < -0.3 is 14.6 Å². The fourth-order valence-corrected chi connectivity index (χ4v) is 6.72. The van der Waals surface area contributed by atoms with Gasteiger partial charge in [0.05, 0.1) is 6.61 Å². The van der Waals surface area contributed by atoms with Gasteiger partial charge in [0.15, 0.2) is 6.10 Å². The number of aliphatic hydroxyl groups is 1. The molecule has 0 spiro atoms. The molecule has 0 bridgehead atoms. The van der Waals surface area contributed by atoms with E-state index in [4.69, 9.17) is 9.47 Å². The summed E-state index contributed by atoms with van der Waals surface area (Å²) in [5.41, 5.74) is 0. The van der Waals surface area contributed by atoms with Crippen molar-refractivity contribution < 1.29 is 24.2 Å². The van der Waals surface area contributed by atoms with E-state index in [1.54, 1.807) is 0 Å². The van der Waals surface area contributed by atoms with Crippen LogP contribution in [0, 0.1) is 0 Å². The van der Waals surface area contributed by atoms with Gasteiger partial charge in [0.2, 0.25) is 0 Å². The largest absolute Gasteiger partial charge is 0.462 e. The summed E-state index contributed by atoms with van der Waals surface area (Å²) in [5, 5.41) is 9.60. The summed E-state index contributed by atoms with van der Waals surface area (Å²) in [6, 6.07) is 0. The Hall–Kier alpha value is -2.40. The average Bonchev–Trinajstić information content (AvgIpc) is 3.20. The molecule has 5 heteroatoms. The number of carbonyl (C=O) groups excluding carboxylic acids is 2. The van der Waals surface area contributed by atoms with Gasteiger partial charge in [0.25, 0.3) is 0 Å². The van der Waals surface area contributed by atoms with Crippen LogP contribution in [-0.2, 0) is 19.1 Å². The summed E-state index contributed by atoms with van der Waals surface area (Å²) < 4.78 is 10.6. The van der Waals surface area contributed by atoms with E-state index in [1.807, 2.05) is 0 Å². The second-order valence-electron chi connectivity index (χ2n) is 15.8. The van der Waals surface area contributed by atoms with Gasteiger partial charge in [0, 0.05) is 12.8 Å². The molecule has 0 aliphatic carbocycles. The van der Waals surface area contributed by atoms with Gasteiger partial charge in [-0.15, -0.1) is 0 Å². The van der Waals surface area contributed by atoms with E-state index in [1.165, 1.54) is 135 Å². The first-order chi connectivity index (χ1) is 27.6. The first-order valence-electron chi connectivity index (χ1n) is 23.8. The molecule has 0 aliphatic rings. The Labute approximate surface area is 347 Å². The lowest BCUT2D eigenvalue weighted by Crippen LogP contribution is -2.28. The maximum atomic E-state index is 12.2. The smallest absolute Gasteiger partial charge is 0.306 e. The van der Waals surface area contributed by atoms with Crippen molar-refractivity contribution in [3.63, 3.8) is 0 Å². The highest BCUT2D eigenvalue weighted by atomic mass is 16.6. The van der Waals surface area contributed by atoms with Crippen LogP contribution in [0.4, 0.5) is 0 Å². The number of unbranched alkanes of at least 4 members (excludes halogenated alkanes) is 25. The molecule has 0 saturated carbocycles. The van der Waals surface area contributed by atoms with Gasteiger partial charge in [-0.05, 0) is 77.0 Å². The van der Waals surface area contributed by atoms with Crippen molar-refractivity contribution in [3.8, 4) is 0 Å². The van der Waals surface area contributed by atoms with Gasteiger partial charge in [-0.3, -0.25) is 9.59 Å². The number of carbonyl (C=O) groups is 2. The quantitative estimate of drug-likeness (QED) is 0.0379. The predicted molar refractivity (Wildman–Crippen MR) is 242 cm³/mol. The minimum Gasteiger partial charge on any atom is -0.462 e. The van der Waals surface area contributed by atoms with Crippen LogP contribution in [0.25, 0.3) is 0 Å². The van der Waals surface area contributed by atoms with Crippen molar-refractivity contribution >= 4 is 11.9 Å². The number of aliphatic hydroxyl groups excluding tert-OH is 1. The Bertz CT molecular complexity index is 977. The lowest BCUT2D eigenvalue weighted by molar-refractivity contribution is -0.161. The Kier molecular flexibility index (Phi) is 45.0. The first-order valence-corrected chi connectivity index (χ1v) is 23.8. The van der Waals surface area contributed by atoms with Gasteiger partial charge in [-0.2, -0.15) is 0 Å². The van der Waals surface area contributed by atoms with E-state index in [-0.39, 0.29) is 25.2 Å². The molecule has 0 aromatic carbocycles. The van der Waals surface area contributed by atoms with E-state index in [9.17, 15) is 14.7 Å². The van der Waals surface area contributed by atoms with Crippen LogP contribution >= 0.6 is 0 Å². The van der Waals surface area contributed by atoms with Gasteiger partial charge in [-0.25, -0.2) is 0 Å². The Morgan fingerprint density at radius 1 is 0.429 bits per heavy atom. The molecule has 0 heterocycles. The minimum absolute atomic E-state index is 0.0700. The standard InChI is InChI=1S/C51H90O5/c1-3-5-7-9-11-13-15-17-19-20-21-22-23-24-25-26-27-28-29-30-32-34-36-38-40-42-44-46-51(54)56-49(47-52)48-55-50(53)45-43-41-39-37-35-33-31-18-16-14-12-10-8-6-4-2/h5,7,11,13,17-19,21-22,31,49,52H,3-4,6,8-10,12,14-16,20,23-30,32-48H2,1-2H3/b7-5-,13-11-,19-17-,22-21-,31-18-. The SMILES string of the molecule is CC/C=C\C/C=C\C/C=C\C/C=C\CCCCCCCCCCCCCCCCC(=O)OC(CO)COC(=O)CCCCCCC/C=C\CCCCCCCC. The summed E-state index contributed by atoms with van der Waals surface area (Å²) >= 11 is 0. The van der Waals surface area contributed by atoms with Crippen LogP contribution in [-0.4, -0.2) is 36.4 Å². The highest BCUT2D eigenvalue weighted by molar-refractivity contribution is 5.70. The first kappa shape index (κ1) is 53.6. The van der Waals surface area contributed by atoms with E-state index in [0.29, 0.717) is 12.8 Å². The Balaban J connectivity index is 3.50. The second-order valence-corrected chi connectivity index (χ2v) is 15.8. The van der Waals surface area contributed by atoms with Crippen molar-refractivity contribution in [1.82, 2.24) is 0 Å². The summed E-state index contributed by atoms with van der Waals surface area (Å²) in [6.07, 6.45) is 61.6. The molecule has 0 aromatic heterocycles. The number of rotatable bonds is 43. The fraction of sp³-hybridized carbons (Fsp3) is 0.765. The predicted octanol–water partition coefficient (Wildman–Crippen LogP) is 15.5. The third-order valence-corrected chi connectivity index (χ3v) is 10.3. The third kappa shape index (κ3) is 44.3. The number of esters is 2. The van der Waals surface area contributed by atoms with Crippen LogP contribution in [0.15, 0.2) is 60.8 Å². The molecule has 0 amide bonds. The van der Waals surface area contributed by atoms with E-state index < -0.39 is 6.10 Å². The van der Waals surface area contributed by atoms with E-state index in [0.717, 1.165) is 70.6 Å². The maximum absolute atomic E-state index is 12.2. The lowest BCUT2D eigenvalue weighted by atomic mass is 10.0. The van der Waals surface area contributed by atoms with Crippen molar-refractivity contribution in [2.24, 2.45) is 0 Å². The molecule has 56 heavy (non-hydrogen) atoms. The van der Waals surface area contributed by atoms with Crippen LogP contribution in [0.3, 0.4) is 0 Å². The third-order valence-electron chi connectivity index (χ3n) is 10.3. The molecule has 1 N–H and O–H groups in total. The van der Waals surface area contributed by atoms with Crippen molar-refractivity contribution in [3.05, 3.63) is 60.8 Å². The molecule has 0 aromatic rings. The zero-order chi connectivity index (χ0) is 40.7. The molecule has 1 unspecified atom stereocenters.